The van der Waals surface area contributed by atoms with Crippen LogP contribution in [0.1, 0.15) is 39.7 Å². The second kappa shape index (κ2) is 12.5. The molecular formula is C30H34N2O6S. The van der Waals surface area contributed by atoms with Gasteiger partial charge in [0.1, 0.15) is 30.4 Å². The fourth-order valence-corrected chi connectivity index (χ4v) is 6.17. The van der Waals surface area contributed by atoms with Gasteiger partial charge in [-0.25, -0.2) is 0 Å². The maximum Gasteiger partial charge on any atom is 0.258 e. The van der Waals surface area contributed by atoms with Crippen LogP contribution in [0.4, 0.5) is 0 Å². The van der Waals surface area contributed by atoms with Crippen molar-refractivity contribution in [1.29, 1.82) is 0 Å². The summed E-state index contributed by atoms with van der Waals surface area (Å²) < 4.78 is 22.8. The van der Waals surface area contributed by atoms with E-state index in [0.29, 0.717) is 49.1 Å². The summed E-state index contributed by atoms with van der Waals surface area (Å²) in [6, 6.07) is 16.4. The summed E-state index contributed by atoms with van der Waals surface area (Å²) >= 11 is 1.70. The van der Waals surface area contributed by atoms with Gasteiger partial charge in [0.25, 0.3) is 5.91 Å². The fourth-order valence-electron chi connectivity index (χ4n) is 5.24. The minimum absolute atomic E-state index is 0.0497. The highest BCUT2D eigenvalue weighted by molar-refractivity contribution is 7.10. The Morgan fingerprint density at radius 3 is 2.72 bits per heavy atom. The maximum atomic E-state index is 13.9. The second-order valence-electron chi connectivity index (χ2n) is 9.66. The molecule has 1 saturated heterocycles. The molecule has 8 nitrogen and oxygen atoms in total. The highest BCUT2D eigenvalue weighted by atomic mass is 32.1. The van der Waals surface area contributed by atoms with Gasteiger partial charge in [0.15, 0.2) is 0 Å². The number of para-hydroxylation sites is 1. The number of carbonyl (C=O) groups is 2. The summed E-state index contributed by atoms with van der Waals surface area (Å²) in [7, 11) is 3.16. The molecule has 206 valence electrons. The standard InChI is InChI=1S/C30H34N2O6S/c1-35-21-7-5-8-22(17-21)38-20-26-24-13-16-39-28(24)12-14-32(26)29(33)19-31(18-23-9-6-15-37-23)30(34)25-10-3-4-11-27(25)36-2/h3-5,7-8,10-11,13,16-17,23,26H,6,9,12,14-15,18-20H2,1-2H3/t23-,26+/m0/s1. The van der Waals surface area contributed by atoms with Crippen LogP contribution in [-0.4, -0.2) is 74.8 Å². The number of fused-ring (bicyclic) bond motifs is 1. The molecule has 0 aliphatic carbocycles. The number of benzene rings is 2. The molecule has 1 fully saturated rings. The predicted molar refractivity (Wildman–Crippen MR) is 149 cm³/mol. The summed E-state index contributed by atoms with van der Waals surface area (Å²) in [5, 5.41) is 2.06. The van der Waals surface area contributed by atoms with Crippen molar-refractivity contribution in [2.24, 2.45) is 0 Å². The molecule has 1 aromatic heterocycles. The van der Waals surface area contributed by atoms with Crippen molar-refractivity contribution >= 4 is 23.2 Å². The van der Waals surface area contributed by atoms with E-state index in [1.54, 1.807) is 48.7 Å². The zero-order valence-corrected chi connectivity index (χ0v) is 23.2. The third kappa shape index (κ3) is 6.20. The molecule has 2 amide bonds. The molecule has 0 spiro atoms. The Kier molecular flexibility index (Phi) is 8.68. The topological polar surface area (TPSA) is 77.5 Å². The van der Waals surface area contributed by atoms with Gasteiger partial charge >= 0.3 is 0 Å². The molecule has 0 bridgehead atoms. The van der Waals surface area contributed by atoms with Gasteiger partial charge in [-0.2, -0.15) is 0 Å². The quantitative estimate of drug-likeness (QED) is 0.368. The highest BCUT2D eigenvalue weighted by Crippen LogP contribution is 2.34. The first kappa shape index (κ1) is 27.0. The number of rotatable bonds is 10. The van der Waals surface area contributed by atoms with E-state index in [1.807, 2.05) is 35.2 Å². The lowest BCUT2D eigenvalue weighted by Crippen LogP contribution is -2.49. The molecule has 2 aliphatic rings. The van der Waals surface area contributed by atoms with E-state index in [1.165, 1.54) is 4.88 Å². The smallest absolute Gasteiger partial charge is 0.258 e. The molecule has 2 aromatic carbocycles. The van der Waals surface area contributed by atoms with Crippen molar-refractivity contribution in [2.45, 2.75) is 31.4 Å². The Balaban J connectivity index is 1.37. The van der Waals surface area contributed by atoms with Crippen LogP contribution in [0.2, 0.25) is 0 Å². The van der Waals surface area contributed by atoms with Crippen LogP contribution < -0.4 is 14.2 Å². The summed E-state index contributed by atoms with van der Waals surface area (Å²) in [6.07, 6.45) is 2.50. The molecule has 5 rings (SSSR count). The van der Waals surface area contributed by atoms with Gasteiger partial charge in [0.2, 0.25) is 5.91 Å². The maximum absolute atomic E-state index is 13.9. The van der Waals surface area contributed by atoms with Gasteiger partial charge in [-0.3, -0.25) is 9.59 Å². The van der Waals surface area contributed by atoms with Crippen molar-refractivity contribution in [3.05, 3.63) is 76.0 Å². The normalized spacial score (nSPS) is 18.4. The average molecular weight is 551 g/mol. The van der Waals surface area contributed by atoms with Gasteiger partial charge in [-0.1, -0.05) is 18.2 Å². The predicted octanol–water partition coefficient (Wildman–Crippen LogP) is 4.59. The highest BCUT2D eigenvalue weighted by Gasteiger charge is 2.35. The molecule has 0 unspecified atom stereocenters. The third-order valence-corrected chi connectivity index (χ3v) is 8.26. The van der Waals surface area contributed by atoms with E-state index in [4.69, 9.17) is 18.9 Å². The number of methoxy groups -OCH3 is 2. The number of carbonyl (C=O) groups excluding carboxylic acids is 2. The van der Waals surface area contributed by atoms with Crippen molar-refractivity contribution in [1.82, 2.24) is 9.80 Å². The van der Waals surface area contributed by atoms with Gasteiger partial charge in [-0.05, 0) is 60.5 Å². The summed E-state index contributed by atoms with van der Waals surface area (Å²) in [6.45, 7) is 1.84. The molecule has 3 heterocycles. The van der Waals surface area contributed by atoms with Crippen LogP contribution in [-0.2, 0) is 16.0 Å². The summed E-state index contributed by atoms with van der Waals surface area (Å²) in [5.41, 5.74) is 1.53. The number of amides is 2. The van der Waals surface area contributed by atoms with E-state index in [0.717, 1.165) is 24.8 Å². The largest absolute Gasteiger partial charge is 0.497 e. The second-order valence-corrected chi connectivity index (χ2v) is 10.7. The van der Waals surface area contributed by atoms with E-state index < -0.39 is 0 Å². The van der Waals surface area contributed by atoms with E-state index >= 15 is 0 Å². The molecule has 2 atom stereocenters. The molecule has 0 N–H and O–H groups in total. The average Bonchev–Trinajstić information content (AvgIpc) is 3.67. The monoisotopic (exact) mass is 550 g/mol. The molecule has 3 aromatic rings. The number of thiophene rings is 1. The molecule has 39 heavy (non-hydrogen) atoms. The Hall–Kier alpha value is -3.56. The Labute approximate surface area is 233 Å². The third-order valence-electron chi connectivity index (χ3n) is 7.26. The van der Waals surface area contributed by atoms with Crippen LogP contribution in [0, 0.1) is 0 Å². The minimum Gasteiger partial charge on any atom is -0.497 e. The van der Waals surface area contributed by atoms with Crippen LogP contribution >= 0.6 is 11.3 Å². The van der Waals surface area contributed by atoms with E-state index in [-0.39, 0.29) is 30.5 Å². The van der Waals surface area contributed by atoms with Gasteiger partial charge in [0.05, 0.1) is 31.9 Å². The van der Waals surface area contributed by atoms with E-state index in [2.05, 4.69) is 11.4 Å². The van der Waals surface area contributed by atoms with Crippen LogP contribution in [0.25, 0.3) is 0 Å². The lowest BCUT2D eigenvalue weighted by molar-refractivity contribution is -0.135. The first-order valence-electron chi connectivity index (χ1n) is 13.2. The lowest BCUT2D eigenvalue weighted by atomic mass is 10.00. The molecule has 0 saturated carbocycles. The molecule has 2 aliphatic heterocycles. The van der Waals surface area contributed by atoms with Gasteiger partial charge < -0.3 is 28.7 Å². The summed E-state index contributed by atoms with van der Waals surface area (Å²) in [5.74, 6) is 1.51. The number of hydrogen-bond donors (Lipinski definition) is 0. The van der Waals surface area contributed by atoms with Crippen LogP contribution in [0.5, 0.6) is 17.2 Å². The number of nitrogens with zero attached hydrogens (tertiary/aromatic N) is 2. The summed E-state index contributed by atoms with van der Waals surface area (Å²) in [4.78, 5) is 32.4. The van der Waals surface area contributed by atoms with Gasteiger partial charge in [-0.15, -0.1) is 11.3 Å². The minimum atomic E-state index is -0.260. The lowest BCUT2D eigenvalue weighted by Gasteiger charge is -2.37. The zero-order chi connectivity index (χ0) is 27.2. The van der Waals surface area contributed by atoms with Crippen molar-refractivity contribution in [2.75, 3.05) is 47.1 Å². The van der Waals surface area contributed by atoms with Crippen molar-refractivity contribution in [3.63, 3.8) is 0 Å². The van der Waals surface area contributed by atoms with Gasteiger partial charge in [0, 0.05) is 30.6 Å². The Bertz CT molecular complexity index is 1290. The molecule has 9 heteroatoms. The number of ether oxygens (including phenoxy) is 4. The van der Waals surface area contributed by atoms with Crippen molar-refractivity contribution in [3.8, 4) is 17.2 Å². The SMILES string of the molecule is COc1cccc(OC[C@@H]2c3ccsc3CCN2C(=O)CN(C[C@@H]2CCCO2)C(=O)c2ccccc2OC)c1. The van der Waals surface area contributed by atoms with E-state index in [9.17, 15) is 9.59 Å². The van der Waals surface area contributed by atoms with Crippen LogP contribution in [0.3, 0.4) is 0 Å². The Morgan fingerprint density at radius 2 is 1.92 bits per heavy atom. The number of hydrogen-bond acceptors (Lipinski definition) is 7. The first-order valence-corrected chi connectivity index (χ1v) is 14.1. The molecule has 0 radical (unpaired) electrons. The molecular weight excluding hydrogens is 516 g/mol. The Morgan fingerprint density at radius 1 is 1.08 bits per heavy atom. The fraction of sp³-hybridized carbons (Fsp3) is 0.400. The first-order chi connectivity index (χ1) is 19.1. The zero-order valence-electron chi connectivity index (χ0n) is 22.3. The van der Waals surface area contributed by atoms with Crippen LogP contribution in [0.15, 0.2) is 60.0 Å². The van der Waals surface area contributed by atoms with Crippen molar-refractivity contribution < 1.29 is 28.5 Å².